The molecule has 88 valence electrons. The fourth-order valence-corrected chi connectivity index (χ4v) is 1.41. The highest BCUT2D eigenvalue weighted by molar-refractivity contribution is 9.10. The van der Waals surface area contributed by atoms with E-state index >= 15 is 0 Å². The number of methoxy groups -OCH3 is 1. The molecule has 0 aliphatic carbocycles. The molecule has 0 aliphatic heterocycles. The van der Waals surface area contributed by atoms with Crippen LogP contribution in [-0.4, -0.2) is 18.1 Å². The third-order valence-electron chi connectivity index (χ3n) is 1.79. The van der Waals surface area contributed by atoms with E-state index in [1.54, 1.807) is 0 Å². The second-order valence-electron chi connectivity index (χ2n) is 2.86. The zero-order valence-corrected chi connectivity index (χ0v) is 9.72. The van der Waals surface area contributed by atoms with E-state index in [1.165, 1.54) is 0 Å². The van der Waals surface area contributed by atoms with Crippen LogP contribution in [0.5, 0.6) is 0 Å². The highest BCUT2D eigenvalue weighted by Crippen LogP contribution is 2.29. The van der Waals surface area contributed by atoms with E-state index in [4.69, 9.17) is 0 Å². The standard InChI is InChI=1S/C9H7BrF3NO2/c1-16-6(15)3-4-2-5(8(11)12)7(10)9(13)14-4/h2,8H,3H2,1H3. The van der Waals surface area contributed by atoms with E-state index in [1.807, 2.05) is 0 Å². The molecule has 0 amide bonds. The van der Waals surface area contributed by atoms with Crippen molar-refractivity contribution in [2.75, 3.05) is 7.11 Å². The first kappa shape index (κ1) is 13.0. The van der Waals surface area contributed by atoms with Gasteiger partial charge in [-0.15, -0.1) is 0 Å². The lowest BCUT2D eigenvalue weighted by Gasteiger charge is -2.06. The number of aromatic nitrogens is 1. The molecular weight excluding hydrogens is 291 g/mol. The molecule has 0 saturated heterocycles. The second-order valence-corrected chi connectivity index (χ2v) is 3.65. The van der Waals surface area contributed by atoms with Gasteiger partial charge in [0.1, 0.15) is 0 Å². The van der Waals surface area contributed by atoms with Gasteiger partial charge in [0.05, 0.1) is 23.7 Å². The Morgan fingerprint density at radius 1 is 1.62 bits per heavy atom. The Bertz CT molecular complexity index is 412. The van der Waals surface area contributed by atoms with Gasteiger partial charge < -0.3 is 4.74 Å². The van der Waals surface area contributed by atoms with Crippen LogP contribution in [0, 0.1) is 5.95 Å². The fourth-order valence-electron chi connectivity index (χ4n) is 1.04. The summed E-state index contributed by atoms with van der Waals surface area (Å²) in [5.41, 5.74) is -0.630. The van der Waals surface area contributed by atoms with Crippen LogP contribution in [0.25, 0.3) is 0 Å². The summed E-state index contributed by atoms with van der Waals surface area (Å²) in [6.07, 6.45) is -3.19. The van der Waals surface area contributed by atoms with Gasteiger partial charge in [0, 0.05) is 5.56 Å². The summed E-state index contributed by atoms with van der Waals surface area (Å²) in [6.45, 7) is 0. The molecule has 16 heavy (non-hydrogen) atoms. The predicted octanol–water partition coefficient (Wildman–Crippen LogP) is 2.64. The van der Waals surface area contributed by atoms with Crippen molar-refractivity contribution in [1.82, 2.24) is 4.98 Å². The number of ether oxygens (including phenoxy) is 1. The van der Waals surface area contributed by atoms with Crippen molar-refractivity contribution < 1.29 is 22.7 Å². The van der Waals surface area contributed by atoms with E-state index in [0.717, 1.165) is 13.2 Å². The molecular formula is C9H7BrF3NO2. The molecule has 7 heteroatoms. The quantitative estimate of drug-likeness (QED) is 0.636. The number of nitrogens with zero attached hydrogens (tertiary/aromatic N) is 1. The van der Waals surface area contributed by atoms with Gasteiger partial charge in [-0.3, -0.25) is 4.79 Å². The van der Waals surface area contributed by atoms with Gasteiger partial charge in [-0.1, -0.05) is 0 Å². The van der Waals surface area contributed by atoms with Crippen LogP contribution >= 0.6 is 15.9 Å². The van der Waals surface area contributed by atoms with Gasteiger partial charge in [0.2, 0.25) is 5.95 Å². The molecule has 3 nitrogen and oxygen atoms in total. The van der Waals surface area contributed by atoms with E-state index < -0.39 is 28.4 Å². The number of hydrogen-bond donors (Lipinski definition) is 0. The molecule has 0 aromatic carbocycles. The topological polar surface area (TPSA) is 39.2 Å². The van der Waals surface area contributed by atoms with Crippen LogP contribution < -0.4 is 0 Å². The summed E-state index contributed by atoms with van der Waals surface area (Å²) in [7, 11) is 1.14. The normalized spacial score (nSPS) is 10.6. The lowest BCUT2D eigenvalue weighted by molar-refractivity contribution is -0.139. The molecule has 0 aliphatic rings. The summed E-state index contributed by atoms with van der Waals surface area (Å²) in [6, 6.07) is 0.967. The van der Waals surface area contributed by atoms with Gasteiger partial charge in [-0.25, -0.2) is 13.8 Å². The maximum Gasteiger partial charge on any atom is 0.311 e. The third-order valence-corrected chi connectivity index (χ3v) is 2.57. The maximum atomic E-state index is 13.1. The Balaban J connectivity index is 3.09. The first-order valence-corrected chi connectivity index (χ1v) is 4.94. The first-order chi connectivity index (χ1) is 7.45. The Morgan fingerprint density at radius 2 is 2.25 bits per heavy atom. The summed E-state index contributed by atoms with van der Waals surface area (Å²) in [5, 5.41) is 0. The van der Waals surface area contributed by atoms with E-state index in [0.29, 0.717) is 0 Å². The van der Waals surface area contributed by atoms with Crippen LogP contribution in [0.1, 0.15) is 17.7 Å². The molecule has 0 N–H and O–H groups in total. The largest absolute Gasteiger partial charge is 0.469 e. The van der Waals surface area contributed by atoms with Crippen LogP contribution in [0.15, 0.2) is 10.5 Å². The molecule has 1 aromatic heterocycles. The van der Waals surface area contributed by atoms with Crippen molar-refractivity contribution in [1.29, 1.82) is 0 Å². The van der Waals surface area contributed by atoms with Gasteiger partial charge in [0.15, 0.2) is 0 Å². The minimum absolute atomic E-state index is 0.0946. The fraction of sp³-hybridized carbons (Fsp3) is 0.333. The maximum absolute atomic E-state index is 13.1. The van der Waals surface area contributed by atoms with Crippen molar-refractivity contribution >= 4 is 21.9 Å². The molecule has 0 spiro atoms. The number of carbonyl (C=O) groups excluding carboxylic acids is 1. The average Bonchev–Trinajstić information content (AvgIpc) is 2.22. The monoisotopic (exact) mass is 297 g/mol. The number of halogens is 4. The lowest BCUT2D eigenvalue weighted by Crippen LogP contribution is -2.08. The SMILES string of the molecule is COC(=O)Cc1cc(C(F)F)c(Br)c(F)n1. The number of esters is 1. The van der Waals surface area contributed by atoms with Gasteiger partial charge in [0.25, 0.3) is 6.43 Å². The zero-order valence-electron chi connectivity index (χ0n) is 8.14. The molecule has 1 rings (SSSR count). The van der Waals surface area contributed by atoms with Crippen molar-refractivity contribution in [3.05, 3.63) is 27.7 Å². The lowest BCUT2D eigenvalue weighted by atomic mass is 10.2. The van der Waals surface area contributed by atoms with Gasteiger partial charge >= 0.3 is 5.97 Å². The predicted molar refractivity (Wildman–Crippen MR) is 52.6 cm³/mol. The average molecular weight is 298 g/mol. The highest BCUT2D eigenvalue weighted by atomic mass is 79.9. The van der Waals surface area contributed by atoms with Gasteiger partial charge in [-0.05, 0) is 22.0 Å². The summed E-state index contributed by atoms with van der Waals surface area (Å²) in [5.74, 6) is -1.74. The summed E-state index contributed by atoms with van der Waals surface area (Å²) < 4.78 is 42.0. The molecule has 0 fully saturated rings. The van der Waals surface area contributed by atoms with Crippen molar-refractivity contribution in [3.63, 3.8) is 0 Å². The van der Waals surface area contributed by atoms with Gasteiger partial charge in [-0.2, -0.15) is 4.39 Å². The van der Waals surface area contributed by atoms with Crippen LogP contribution in [0.3, 0.4) is 0 Å². The number of alkyl halides is 2. The smallest absolute Gasteiger partial charge is 0.311 e. The Morgan fingerprint density at radius 3 is 2.75 bits per heavy atom. The first-order valence-electron chi connectivity index (χ1n) is 4.15. The van der Waals surface area contributed by atoms with Crippen molar-refractivity contribution in [3.8, 4) is 0 Å². The Kier molecular flexibility index (Phi) is 4.28. The van der Waals surface area contributed by atoms with Crippen molar-refractivity contribution in [2.45, 2.75) is 12.8 Å². The highest BCUT2D eigenvalue weighted by Gasteiger charge is 2.18. The molecule has 0 atom stereocenters. The van der Waals surface area contributed by atoms with E-state index in [9.17, 15) is 18.0 Å². The van der Waals surface area contributed by atoms with E-state index in [-0.39, 0.29) is 12.1 Å². The molecule has 0 unspecified atom stereocenters. The summed E-state index contributed by atoms with van der Waals surface area (Å²) in [4.78, 5) is 14.2. The summed E-state index contributed by atoms with van der Waals surface area (Å²) >= 11 is 2.66. The number of pyridine rings is 1. The zero-order chi connectivity index (χ0) is 12.3. The number of rotatable bonds is 3. The molecule has 0 radical (unpaired) electrons. The Labute approximate surface area is 97.8 Å². The third kappa shape index (κ3) is 2.94. The minimum atomic E-state index is -2.84. The van der Waals surface area contributed by atoms with Crippen LogP contribution in [0.4, 0.5) is 13.2 Å². The minimum Gasteiger partial charge on any atom is -0.469 e. The second kappa shape index (κ2) is 5.29. The van der Waals surface area contributed by atoms with Crippen LogP contribution in [-0.2, 0) is 16.0 Å². The van der Waals surface area contributed by atoms with Crippen molar-refractivity contribution in [2.24, 2.45) is 0 Å². The Hall–Kier alpha value is -1.11. The number of carbonyl (C=O) groups is 1. The molecule has 0 bridgehead atoms. The molecule has 0 saturated carbocycles. The molecule has 1 heterocycles. The number of hydrogen-bond acceptors (Lipinski definition) is 3. The molecule has 1 aromatic rings. The van der Waals surface area contributed by atoms with Crippen LogP contribution in [0.2, 0.25) is 0 Å². The van der Waals surface area contributed by atoms with E-state index in [2.05, 4.69) is 25.7 Å².